The minimum atomic E-state index is -1.64. The molecule has 0 radical (unpaired) electrons. The zero-order valence-electron chi connectivity index (χ0n) is 11.8. The minimum absolute atomic E-state index is 0.611. The fourth-order valence-corrected chi connectivity index (χ4v) is 0. The Morgan fingerprint density at radius 3 is 0.857 bits per heavy atom. The van der Waals surface area contributed by atoms with E-state index in [-0.39, 0.29) is 0 Å². The SMILES string of the molecule is CN(C)C.CP(C)(C)=O.C[Si](C)(C)C. The molecule has 0 fully saturated rings. The van der Waals surface area contributed by atoms with Crippen LogP contribution in [0.5, 0.6) is 0 Å². The average molecular weight is 239 g/mol. The smallest absolute Gasteiger partial charge is 0.0790 e. The van der Waals surface area contributed by atoms with Crippen molar-refractivity contribution in [1.82, 2.24) is 4.90 Å². The van der Waals surface area contributed by atoms with Crippen LogP contribution in [0.2, 0.25) is 26.2 Å². The second kappa shape index (κ2) is 8.69. The maximum absolute atomic E-state index is 10.2. The first-order valence-electron chi connectivity index (χ1n) is 4.87. The maximum atomic E-state index is 10.2. The predicted molar refractivity (Wildman–Crippen MR) is 74.2 cm³/mol. The van der Waals surface area contributed by atoms with Crippen molar-refractivity contribution < 1.29 is 4.57 Å². The Morgan fingerprint density at radius 2 is 0.857 bits per heavy atom. The standard InChI is InChI=1S/C4H12Si.C3H9N.C3H9OP/c1-5(2,3)4;1-4(2)3;1-5(2,3)4/h1-4H3;1-3H3;1-3H3. The van der Waals surface area contributed by atoms with Crippen LogP contribution in [-0.2, 0) is 4.57 Å². The van der Waals surface area contributed by atoms with Gasteiger partial charge in [-0.15, -0.1) is 0 Å². The van der Waals surface area contributed by atoms with Gasteiger partial charge in [0.2, 0.25) is 0 Å². The molecule has 0 bridgehead atoms. The Bertz CT molecular complexity index is 141. The van der Waals surface area contributed by atoms with Crippen molar-refractivity contribution in [2.24, 2.45) is 0 Å². The van der Waals surface area contributed by atoms with Crippen LogP contribution in [0.3, 0.4) is 0 Å². The lowest BCUT2D eigenvalue weighted by molar-refractivity contribution is 0.505. The van der Waals surface area contributed by atoms with Crippen LogP contribution >= 0.6 is 7.14 Å². The van der Waals surface area contributed by atoms with Crippen LogP contribution in [0.4, 0.5) is 0 Å². The molecule has 0 aromatic heterocycles. The second-order valence-electron chi connectivity index (χ2n) is 6.23. The summed E-state index contributed by atoms with van der Waals surface area (Å²) in [4.78, 5) is 2.00. The van der Waals surface area contributed by atoms with E-state index in [1.54, 1.807) is 20.0 Å². The van der Waals surface area contributed by atoms with Crippen molar-refractivity contribution in [1.29, 1.82) is 0 Å². The van der Waals surface area contributed by atoms with E-state index in [1.807, 2.05) is 26.0 Å². The summed E-state index contributed by atoms with van der Waals surface area (Å²) in [6.07, 6.45) is 0. The molecule has 0 aliphatic rings. The molecule has 0 aliphatic carbocycles. The molecule has 0 saturated heterocycles. The van der Waals surface area contributed by atoms with Crippen molar-refractivity contribution in [3.63, 3.8) is 0 Å². The van der Waals surface area contributed by atoms with E-state index in [2.05, 4.69) is 26.2 Å². The lowest BCUT2D eigenvalue weighted by Gasteiger charge is -2.01. The number of nitrogens with zero attached hydrogens (tertiary/aromatic N) is 1. The third-order valence-electron chi connectivity index (χ3n) is 0. The normalized spacial score (nSPS) is 11.1. The largest absolute Gasteiger partial charge is 0.324 e. The molecule has 0 atom stereocenters. The summed E-state index contributed by atoms with van der Waals surface area (Å²) in [5, 5.41) is 0. The Balaban J connectivity index is -0.000000131. The monoisotopic (exact) mass is 239 g/mol. The first-order chi connectivity index (χ1) is 5.73. The van der Waals surface area contributed by atoms with Gasteiger partial charge < -0.3 is 9.46 Å². The van der Waals surface area contributed by atoms with Gasteiger partial charge in [0.1, 0.15) is 0 Å². The summed E-state index contributed by atoms with van der Waals surface area (Å²) in [5.41, 5.74) is 0. The Labute approximate surface area is 92.5 Å². The van der Waals surface area contributed by atoms with E-state index in [1.165, 1.54) is 0 Å². The van der Waals surface area contributed by atoms with Crippen LogP contribution in [-0.4, -0.2) is 54.1 Å². The lowest BCUT2D eigenvalue weighted by atomic mass is 11.0. The Hall–Kier alpha value is 0.407. The molecular weight excluding hydrogens is 209 g/mol. The third-order valence-corrected chi connectivity index (χ3v) is 0. The van der Waals surface area contributed by atoms with Crippen molar-refractivity contribution in [3.05, 3.63) is 0 Å². The topological polar surface area (TPSA) is 20.3 Å². The van der Waals surface area contributed by atoms with Gasteiger partial charge in [-0.1, -0.05) is 26.2 Å². The molecule has 0 N–H and O–H groups in total. The van der Waals surface area contributed by atoms with Gasteiger partial charge in [-0.25, -0.2) is 0 Å². The van der Waals surface area contributed by atoms with Crippen molar-refractivity contribution >= 4 is 15.2 Å². The van der Waals surface area contributed by atoms with Crippen molar-refractivity contribution in [2.45, 2.75) is 26.2 Å². The predicted octanol–water partition coefficient (Wildman–Crippen LogP) is 3.37. The number of hydrogen-bond acceptors (Lipinski definition) is 2. The molecule has 0 rings (SSSR count). The second-order valence-corrected chi connectivity index (χ2v) is 16.0. The summed E-state index contributed by atoms with van der Waals surface area (Å²) in [6.45, 7) is 14.5. The number of rotatable bonds is 0. The van der Waals surface area contributed by atoms with Gasteiger partial charge in [0.05, 0.1) is 7.14 Å². The van der Waals surface area contributed by atoms with E-state index < -0.39 is 15.2 Å². The van der Waals surface area contributed by atoms with Crippen LogP contribution in [0.15, 0.2) is 0 Å². The maximum Gasteiger partial charge on any atom is 0.0790 e. The Kier molecular flexibility index (Phi) is 12.4. The summed E-state index contributed by atoms with van der Waals surface area (Å²) in [6, 6.07) is 0. The summed E-state index contributed by atoms with van der Waals surface area (Å²) in [5.74, 6) is 0. The average Bonchev–Trinajstić information content (AvgIpc) is 1.45. The van der Waals surface area contributed by atoms with Crippen LogP contribution < -0.4 is 0 Å². The van der Waals surface area contributed by atoms with Gasteiger partial charge in [-0.05, 0) is 41.1 Å². The molecule has 0 spiro atoms. The number of hydrogen-bond donors (Lipinski definition) is 0. The molecule has 0 unspecified atom stereocenters. The van der Waals surface area contributed by atoms with Gasteiger partial charge >= 0.3 is 0 Å². The van der Waals surface area contributed by atoms with E-state index in [9.17, 15) is 4.57 Å². The molecule has 90 valence electrons. The van der Waals surface area contributed by atoms with Gasteiger partial charge in [-0.2, -0.15) is 0 Å². The van der Waals surface area contributed by atoms with Crippen LogP contribution in [0.25, 0.3) is 0 Å². The Morgan fingerprint density at radius 1 is 0.857 bits per heavy atom. The fourth-order valence-electron chi connectivity index (χ4n) is 0. The molecule has 0 aliphatic heterocycles. The van der Waals surface area contributed by atoms with E-state index in [0.717, 1.165) is 0 Å². The summed E-state index contributed by atoms with van der Waals surface area (Å²) < 4.78 is 10.2. The molecule has 0 aromatic rings. The van der Waals surface area contributed by atoms with Gasteiger partial charge in [0, 0.05) is 8.07 Å². The van der Waals surface area contributed by atoms with Crippen molar-refractivity contribution in [2.75, 3.05) is 41.1 Å². The molecule has 0 saturated carbocycles. The van der Waals surface area contributed by atoms with Gasteiger partial charge in [0.25, 0.3) is 0 Å². The third kappa shape index (κ3) is 9750. The molecule has 0 aromatic carbocycles. The summed E-state index contributed by atoms with van der Waals surface area (Å²) >= 11 is 0. The molecule has 0 amide bonds. The first kappa shape index (κ1) is 19.9. The van der Waals surface area contributed by atoms with Gasteiger partial charge in [-0.3, -0.25) is 0 Å². The van der Waals surface area contributed by atoms with Gasteiger partial charge in [0.15, 0.2) is 0 Å². The highest BCUT2D eigenvalue weighted by atomic mass is 31.2. The highest BCUT2D eigenvalue weighted by Gasteiger charge is 1.99. The van der Waals surface area contributed by atoms with Crippen molar-refractivity contribution in [3.8, 4) is 0 Å². The van der Waals surface area contributed by atoms with Crippen LogP contribution in [0, 0.1) is 0 Å². The zero-order chi connectivity index (χ0) is 12.6. The van der Waals surface area contributed by atoms with E-state index in [4.69, 9.17) is 0 Å². The highest BCUT2D eigenvalue weighted by Crippen LogP contribution is 2.28. The quantitative estimate of drug-likeness (QED) is 0.477. The minimum Gasteiger partial charge on any atom is -0.324 e. The lowest BCUT2D eigenvalue weighted by Crippen LogP contribution is -2.10. The molecule has 2 nitrogen and oxygen atoms in total. The highest BCUT2D eigenvalue weighted by molar-refractivity contribution is 7.61. The zero-order valence-corrected chi connectivity index (χ0v) is 13.7. The van der Waals surface area contributed by atoms with E-state index >= 15 is 0 Å². The molecule has 4 heteroatoms. The molecule has 14 heavy (non-hydrogen) atoms. The summed E-state index contributed by atoms with van der Waals surface area (Å²) in [7, 11) is 3.75. The molecule has 0 heterocycles. The first-order valence-corrected chi connectivity index (χ1v) is 11.9. The van der Waals surface area contributed by atoms with E-state index in [0.29, 0.717) is 0 Å². The fraction of sp³-hybridized carbons (Fsp3) is 1.00. The van der Waals surface area contributed by atoms with Crippen LogP contribution in [0.1, 0.15) is 0 Å². The molecular formula is C10H30NOPSi.